The zero-order valence-electron chi connectivity index (χ0n) is 7.24. The standard InChI is InChI=1S/C9H6FNO3/c1-14-7-3-5(9(12)13)2-6(4-11)8(7)10/h2-3H,1H3,(H,12,13). The van der Waals surface area contributed by atoms with Crippen LogP contribution in [0.3, 0.4) is 0 Å². The van der Waals surface area contributed by atoms with E-state index in [0.717, 1.165) is 12.1 Å². The summed E-state index contributed by atoms with van der Waals surface area (Å²) < 4.78 is 17.8. The molecule has 0 spiro atoms. The van der Waals surface area contributed by atoms with Crippen LogP contribution >= 0.6 is 0 Å². The van der Waals surface area contributed by atoms with Crippen molar-refractivity contribution < 1.29 is 19.0 Å². The number of carboxylic acids is 1. The minimum Gasteiger partial charge on any atom is -0.494 e. The maximum Gasteiger partial charge on any atom is 0.335 e. The second kappa shape index (κ2) is 3.75. The van der Waals surface area contributed by atoms with Gasteiger partial charge in [0, 0.05) is 0 Å². The molecule has 0 heterocycles. The number of benzene rings is 1. The molecule has 0 aliphatic carbocycles. The molecule has 0 saturated heterocycles. The highest BCUT2D eigenvalue weighted by atomic mass is 19.1. The van der Waals surface area contributed by atoms with Gasteiger partial charge in [0.25, 0.3) is 0 Å². The highest BCUT2D eigenvalue weighted by Crippen LogP contribution is 2.22. The predicted octanol–water partition coefficient (Wildman–Crippen LogP) is 1.40. The van der Waals surface area contributed by atoms with E-state index in [1.807, 2.05) is 0 Å². The number of halogens is 1. The number of nitriles is 1. The van der Waals surface area contributed by atoms with Gasteiger partial charge in [-0.1, -0.05) is 0 Å². The van der Waals surface area contributed by atoms with Crippen molar-refractivity contribution in [2.24, 2.45) is 0 Å². The average Bonchev–Trinajstić information content (AvgIpc) is 2.17. The van der Waals surface area contributed by atoms with Crippen molar-refractivity contribution in [2.45, 2.75) is 0 Å². The number of ether oxygens (including phenoxy) is 1. The molecule has 0 radical (unpaired) electrons. The van der Waals surface area contributed by atoms with Crippen molar-refractivity contribution in [1.82, 2.24) is 0 Å². The number of hydrogen-bond donors (Lipinski definition) is 1. The maximum absolute atomic E-state index is 13.2. The largest absolute Gasteiger partial charge is 0.494 e. The molecular formula is C9H6FNO3. The van der Waals surface area contributed by atoms with Crippen LogP contribution in [0.15, 0.2) is 12.1 Å². The third-order valence-electron chi connectivity index (χ3n) is 1.63. The summed E-state index contributed by atoms with van der Waals surface area (Å²) >= 11 is 0. The van der Waals surface area contributed by atoms with E-state index < -0.39 is 11.8 Å². The predicted molar refractivity (Wildman–Crippen MR) is 44.6 cm³/mol. The topological polar surface area (TPSA) is 70.3 Å². The van der Waals surface area contributed by atoms with Crippen LogP contribution in [0, 0.1) is 17.1 Å². The van der Waals surface area contributed by atoms with E-state index in [-0.39, 0.29) is 16.9 Å². The van der Waals surface area contributed by atoms with Gasteiger partial charge in [-0.3, -0.25) is 0 Å². The van der Waals surface area contributed by atoms with E-state index in [2.05, 4.69) is 4.74 Å². The molecule has 4 nitrogen and oxygen atoms in total. The molecule has 1 N–H and O–H groups in total. The molecule has 0 unspecified atom stereocenters. The normalized spacial score (nSPS) is 9.21. The van der Waals surface area contributed by atoms with E-state index in [9.17, 15) is 9.18 Å². The van der Waals surface area contributed by atoms with Crippen molar-refractivity contribution in [2.75, 3.05) is 7.11 Å². The SMILES string of the molecule is COc1cc(C(=O)O)cc(C#N)c1F. The molecule has 0 aromatic heterocycles. The molecule has 0 amide bonds. The molecule has 0 aliphatic heterocycles. The van der Waals surface area contributed by atoms with Crippen LogP contribution in [-0.4, -0.2) is 18.2 Å². The fourth-order valence-electron chi connectivity index (χ4n) is 0.951. The van der Waals surface area contributed by atoms with E-state index >= 15 is 0 Å². The summed E-state index contributed by atoms with van der Waals surface area (Å²) in [6.07, 6.45) is 0. The molecular weight excluding hydrogens is 189 g/mol. The summed E-state index contributed by atoms with van der Waals surface area (Å²) in [5, 5.41) is 17.1. The van der Waals surface area contributed by atoms with Crippen molar-refractivity contribution in [3.05, 3.63) is 29.1 Å². The highest BCUT2D eigenvalue weighted by molar-refractivity contribution is 5.88. The van der Waals surface area contributed by atoms with E-state index in [1.165, 1.54) is 7.11 Å². The Morgan fingerprint density at radius 1 is 1.64 bits per heavy atom. The molecule has 0 aliphatic rings. The maximum atomic E-state index is 13.2. The van der Waals surface area contributed by atoms with Crippen molar-refractivity contribution in [3.63, 3.8) is 0 Å². The first-order valence-corrected chi connectivity index (χ1v) is 3.61. The van der Waals surface area contributed by atoms with Crippen molar-refractivity contribution in [1.29, 1.82) is 5.26 Å². The molecule has 0 fully saturated rings. The van der Waals surface area contributed by atoms with Crippen LogP contribution in [0.4, 0.5) is 4.39 Å². The molecule has 1 aromatic carbocycles. The van der Waals surface area contributed by atoms with Crippen LogP contribution in [0.1, 0.15) is 15.9 Å². The quantitative estimate of drug-likeness (QED) is 0.774. The molecule has 1 aromatic rings. The van der Waals surface area contributed by atoms with Gasteiger partial charge >= 0.3 is 5.97 Å². The van der Waals surface area contributed by atoms with E-state index in [4.69, 9.17) is 10.4 Å². The summed E-state index contributed by atoms with van der Waals surface area (Å²) in [5.41, 5.74) is -0.526. The summed E-state index contributed by atoms with van der Waals surface area (Å²) in [6.45, 7) is 0. The van der Waals surface area contributed by atoms with Crippen LogP contribution in [0.25, 0.3) is 0 Å². The monoisotopic (exact) mass is 195 g/mol. The smallest absolute Gasteiger partial charge is 0.335 e. The summed E-state index contributed by atoms with van der Waals surface area (Å²) in [7, 11) is 1.20. The zero-order chi connectivity index (χ0) is 10.7. The van der Waals surface area contributed by atoms with Crippen LogP contribution < -0.4 is 4.74 Å². The number of rotatable bonds is 2. The van der Waals surface area contributed by atoms with Crippen molar-refractivity contribution in [3.8, 4) is 11.8 Å². The number of carbonyl (C=O) groups is 1. The fraction of sp³-hybridized carbons (Fsp3) is 0.111. The Morgan fingerprint density at radius 2 is 2.29 bits per heavy atom. The lowest BCUT2D eigenvalue weighted by molar-refractivity contribution is 0.0696. The molecule has 1 rings (SSSR count). The number of carboxylic acid groups (broad SMARTS) is 1. The molecule has 0 atom stereocenters. The second-order valence-corrected chi connectivity index (χ2v) is 2.46. The van der Waals surface area contributed by atoms with Gasteiger partial charge in [-0.25, -0.2) is 9.18 Å². The van der Waals surface area contributed by atoms with Gasteiger partial charge in [0.1, 0.15) is 6.07 Å². The first kappa shape index (κ1) is 9.99. The van der Waals surface area contributed by atoms with Gasteiger partial charge in [0.05, 0.1) is 18.2 Å². The van der Waals surface area contributed by atoms with Gasteiger partial charge in [0.2, 0.25) is 0 Å². The first-order valence-electron chi connectivity index (χ1n) is 3.61. The minimum absolute atomic E-state index is 0.181. The molecule has 0 saturated carbocycles. The van der Waals surface area contributed by atoms with Gasteiger partial charge in [-0.05, 0) is 12.1 Å². The molecule has 14 heavy (non-hydrogen) atoms. The van der Waals surface area contributed by atoms with Gasteiger partial charge in [-0.15, -0.1) is 0 Å². The van der Waals surface area contributed by atoms with Gasteiger partial charge in [-0.2, -0.15) is 5.26 Å². The van der Waals surface area contributed by atoms with Crippen LogP contribution in [0.5, 0.6) is 5.75 Å². The minimum atomic E-state index is -1.24. The third-order valence-corrected chi connectivity index (χ3v) is 1.63. The third kappa shape index (κ3) is 1.64. The number of nitrogens with zero attached hydrogens (tertiary/aromatic N) is 1. The lowest BCUT2D eigenvalue weighted by Gasteiger charge is -2.04. The fourth-order valence-corrected chi connectivity index (χ4v) is 0.951. The lowest BCUT2D eigenvalue weighted by atomic mass is 10.1. The van der Waals surface area contributed by atoms with Crippen LogP contribution in [-0.2, 0) is 0 Å². The van der Waals surface area contributed by atoms with Crippen molar-refractivity contribution >= 4 is 5.97 Å². The summed E-state index contributed by atoms with van der Waals surface area (Å²) in [4.78, 5) is 10.6. The number of aromatic carboxylic acids is 1. The summed E-state index contributed by atoms with van der Waals surface area (Å²) in [5.74, 6) is -2.33. The van der Waals surface area contributed by atoms with Crippen LogP contribution in [0.2, 0.25) is 0 Å². The Kier molecular flexibility index (Phi) is 2.67. The van der Waals surface area contributed by atoms with E-state index in [0.29, 0.717) is 0 Å². The Morgan fingerprint density at radius 3 is 2.71 bits per heavy atom. The Labute approximate surface area is 79.2 Å². The number of methoxy groups -OCH3 is 1. The second-order valence-electron chi connectivity index (χ2n) is 2.46. The highest BCUT2D eigenvalue weighted by Gasteiger charge is 2.14. The zero-order valence-corrected chi connectivity index (χ0v) is 7.24. The lowest BCUT2D eigenvalue weighted by Crippen LogP contribution is -2.00. The summed E-state index contributed by atoms with van der Waals surface area (Å²) in [6, 6.07) is 3.53. The van der Waals surface area contributed by atoms with E-state index in [1.54, 1.807) is 6.07 Å². The Bertz CT molecular complexity index is 423. The van der Waals surface area contributed by atoms with Gasteiger partial charge < -0.3 is 9.84 Å². The Balaban J connectivity index is 3.41. The molecule has 5 heteroatoms. The first-order chi connectivity index (χ1) is 6.60. The Hall–Kier alpha value is -2.09. The van der Waals surface area contributed by atoms with Gasteiger partial charge in [0.15, 0.2) is 11.6 Å². The number of hydrogen-bond acceptors (Lipinski definition) is 3. The average molecular weight is 195 g/mol. The molecule has 0 bridgehead atoms. The molecule has 72 valence electrons.